The molecule has 2 rings (SSSR count). The van der Waals surface area contributed by atoms with Gasteiger partial charge < -0.3 is 17.2 Å². The summed E-state index contributed by atoms with van der Waals surface area (Å²) in [6, 6.07) is 3.83. The van der Waals surface area contributed by atoms with Crippen molar-refractivity contribution in [3.8, 4) is 11.8 Å². The Balaban J connectivity index is 2.44. The molecule has 0 fully saturated rings. The molecular weight excluding hydrogens is 262 g/mol. The van der Waals surface area contributed by atoms with Crippen LogP contribution in [0.5, 0.6) is 0 Å². The topological polar surface area (TPSA) is 91.0 Å². The molecular formula is C14H12F2N4. The van der Waals surface area contributed by atoms with Gasteiger partial charge in [-0.15, -0.1) is 0 Å². The molecule has 6 N–H and O–H groups in total. The molecule has 0 saturated heterocycles. The third-order valence-corrected chi connectivity index (χ3v) is 2.67. The van der Waals surface area contributed by atoms with Gasteiger partial charge in [0.1, 0.15) is 11.6 Å². The summed E-state index contributed by atoms with van der Waals surface area (Å²) in [5, 5.41) is 0. The van der Waals surface area contributed by atoms with Crippen molar-refractivity contribution in [3.05, 3.63) is 52.7 Å². The lowest BCUT2D eigenvalue weighted by Gasteiger charge is -2.02. The minimum absolute atomic E-state index is 0.159. The third kappa shape index (κ3) is 2.68. The Bertz CT molecular complexity index is 717. The van der Waals surface area contributed by atoms with Crippen molar-refractivity contribution in [1.82, 2.24) is 4.98 Å². The average Bonchev–Trinajstić information content (AvgIpc) is 2.44. The maximum atomic E-state index is 13.7. The summed E-state index contributed by atoms with van der Waals surface area (Å²) in [5.41, 5.74) is 17.0. The van der Waals surface area contributed by atoms with E-state index in [1.807, 2.05) is 0 Å². The van der Waals surface area contributed by atoms with E-state index < -0.39 is 11.6 Å². The van der Waals surface area contributed by atoms with Crippen molar-refractivity contribution in [3.63, 3.8) is 0 Å². The number of pyridine rings is 1. The van der Waals surface area contributed by atoms with Crippen molar-refractivity contribution < 1.29 is 8.78 Å². The number of benzene rings is 1. The van der Waals surface area contributed by atoms with Gasteiger partial charge in [0.05, 0.1) is 11.3 Å². The largest absolute Gasteiger partial charge is 0.396 e. The van der Waals surface area contributed by atoms with Crippen LogP contribution in [0, 0.1) is 23.5 Å². The lowest BCUT2D eigenvalue weighted by Crippen LogP contribution is -2.03. The Morgan fingerprint density at radius 1 is 1.15 bits per heavy atom. The molecule has 0 unspecified atom stereocenters. The maximum Gasteiger partial charge on any atom is 0.164 e. The van der Waals surface area contributed by atoms with Crippen LogP contribution in [0.1, 0.15) is 16.7 Å². The molecule has 0 atom stereocenters. The van der Waals surface area contributed by atoms with Gasteiger partial charge in [-0.25, -0.2) is 13.8 Å². The van der Waals surface area contributed by atoms with E-state index in [9.17, 15) is 8.78 Å². The van der Waals surface area contributed by atoms with Crippen LogP contribution in [0.4, 0.5) is 20.3 Å². The molecule has 0 bridgehead atoms. The van der Waals surface area contributed by atoms with Crippen molar-refractivity contribution in [1.29, 1.82) is 0 Å². The first-order chi connectivity index (χ1) is 9.52. The molecule has 0 saturated carbocycles. The third-order valence-electron chi connectivity index (χ3n) is 2.67. The standard InChI is InChI=1S/C14H12F2N4/c15-11-3-4-12(18)13(16)10(11)2-1-8-5-9(6-17)14(19)20-7-8/h3-5,7H,6,17-18H2,(H2,19,20). The second-order valence-electron chi connectivity index (χ2n) is 4.05. The zero-order chi connectivity index (χ0) is 14.7. The highest BCUT2D eigenvalue weighted by Crippen LogP contribution is 2.17. The molecule has 1 heterocycles. The maximum absolute atomic E-state index is 13.7. The van der Waals surface area contributed by atoms with Crippen LogP contribution >= 0.6 is 0 Å². The highest BCUT2D eigenvalue weighted by molar-refractivity contribution is 5.53. The quantitative estimate of drug-likeness (QED) is 0.541. The number of halogens is 2. The second kappa shape index (κ2) is 5.55. The van der Waals surface area contributed by atoms with Gasteiger partial charge in [0.2, 0.25) is 0 Å². The van der Waals surface area contributed by atoms with Crippen molar-refractivity contribution in [2.75, 3.05) is 11.5 Å². The van der Waals surface area contributed by atoms with E-state index >= 15 is 0 Å². The summed E-state index contributed by atoms with van der Waals surface area (Å²) in [5.74, 6) is 3.68. The van der Waals surface area contributed by atoms with Gasteiger partial charge in [-0.2, -0.15) is 0 Å². The summed E-state index contributed by atoms with van der Waals surface area (Å²) in [4.78, 5) is 3.91. The highest BCUT2D eigenvalue weighted by atomic mass is 19.1. The predicted molar refractivity (Wildman–Crippen MR) is 73.3 cm³/mol. The molecule has 102 valence electrons. The Kier molecular flexibility index (Phi) is 3.82. The predicted octanol–water partition coefficient (Wildman–Crippen LogP) is 1.38. The van der Waals surface area contributed by atoms with Crippen LogP contribution in [-0.4, -0.2) is 4.98 Å². The summed E-state index contributed by atoms with van der Waals surface area (Å²) in [7, 11) is 0. The molecule has 4 nitrogen and oxygen atoms in total. The first kappa shape index (κ1) is 13.8. The zero-order valence-electron chi connectivity index (χ0n) is 10.5. The number of nitrogens with zero attached hydrogens (tertiary/aromatic N) is 1. The fraction of sp³-hybridized carbons (Fsp3) is 0.0714. The Morgan fingerprint density at radius 2 is 1.90 bits per heavy atom. The van der Waals surface area contributed by atoms with E-state index in [1.165, 1.54) is 6.20 Å². The van der Waals surface area contributed by atoms with Gasteiger partial charge in [-0.05, 0) is 18.2 Å². The van der Waals surface area contributed by atoms with E-state index in [4.69, 9.17) is 17.2 Å². The smallest absolute Gasteiger partial charge is 0.164 e. The first-order valence-electron chi connectivity index (χ1n) is 5.73. The molecule has 0 spiro atoms. The fourth-order valence-electron chi connectivity index (χ4n) is 1.57. The SMILES string of the molecule is NCc1cc(C#Cc2c(F)ccc(N)c2F)cnc1N. The van der Waals surface area contributed by atoms with E-state index in [-0.39, 0.29) is 17.8 Å². The number of nitrogens with two attached hydrogens (primary N) is 3. The van der Waals surface area contributed by atoms with Gasteiger partial charge >= 0.3 is 0 Å². The minimum Gasteiger partial charge on any atom is -0.396 e. The average molecular weight is 274 g/mol. The monoisotopic (exact) mass is 274 g/mol. The molecule has 2 aromatic rings. The number of rotatable bonds is 1. The van der Waals surface area contributed by atoms with Crippen LogP contribution in [0.25, 0.3) is 0 Å². The lowest BCUT2D eigenvalue weighted by atomic mass is 10.1. The van der Waals surface area contributed by atoms with Crippen LogP contribution in [0.3, 0.4) is 0 Å². The van der Waals surface area contributed by atoms with Crippen molar-refractivity contribution in [2.45, 2.75) is 6.54 Å². The van der Waals surface area contributed by atoms with E-state index in [2.05, 4.69) is 16.8 Å². The normalized spacial score (nSPS) is 9.95. The van der Waals surface area contributed by atoms with Crippen LogP contribution in [0.15, 0.2) is 24.4 Å². The summed E-state index contributed by atoms with van der Waals surface area (Å²) in [6.45, 7) is 0.204. The van der Waals surface area contributed by atoms with Crippen LogP contribution in [-0.2, 0) is 6.54 Å². The summed E-state index contributed by atoms with van der Waals surface area (Å²) < 4.78 is 27.1. The van der Waals surface area contributed by atoms with Crippen LogP contribution in [0.2, 0.25) is 0 Å². The number of hydrogen-bond acceptors (Lipinski definition) is 4. The summed E-state index contributed by atoms with van der Waals surface area (Å²) >= 11 is 0. The van der Waals surface area contributed by atoms with Gasteiger partial charge in [0.15, 0.2) is 5.82 Å². The molecule has 1 aromatic carbocycles. The Hall–Kier alpha value is -2.65. The fourth-order valence-corrected chi connectivity index (χ4v) is 1.57. The van der Waals surface area contributed by atoms with Crippen LogP contribution < -0.4 is 17.2 Å². The molecule has 0 radical (unpaired) electrons. The van der Waals surface area contributed by atoms with Gasteiger partial charge in [0.25, 0.3) is 0 Å². The van der Waals surface area contributed by atoms with Gasteiger partial charge in [-0.3, -0.25) is 0 Å². The van der Waals surface area contributed by atoms with E-state index in [1.54, 1.807) is 6.07 Å². The summed E-state index contributed by atoms with van der Waals surface area (Å²) in [6.07, 6.45) is 1.41. The van der Waals surface area contributed by atoms with Gasteiger partial charge in [0, 0.05) is 23.9 Å². The minimum atomic E-state index is -0.875. The second-order valence-corrected chi connectivity index (χ2v) is 4.05. The highest BCUT2D eigenvalue weighted by Gasteiger charge is 2.09. The molecule has 20 heavy (non-hydrogen) atoms. The molecule has 0 amide bonds. The molecule has 0 aliphatic rings. The number of nitrogen functional groups attached to an aromatic ring is 2. The first-order valence-corrected chi connectivity index (χ1v) is 5.73. The molecule has 0 aliphatic carbocycles. The molecule has 6 heteroatoms. The van der Waals surface area contributed by atoms with E-state index in [0.717, 1.165) is 12.1 Å². The molecule has 0 aliphatic heterocycles. The lowest BCUT2D eigenvalue weighted by molar-refractivity contribution is 0.580. The molecule has 1 aromatic heterocycles. The van der Waals surface area contributed by atoms with Gasteiger partial charge in [-0.1, -0.05) is 11.8 Å². The van der Waals surface area contributed by atoms with Crippen molar-refractivity contribution >= 4 is 11.5 Å². The number of hydrogen-bond donors (Lipinski definition) is 3. The number of aromatic nitrogens is 1. The Morgan fingerprint density at radius 3 is 2.60 bits per heavy atom. The Labute approximate surface area is 114 Å². The van der Waals surface area contributed by atoms with Crippen molar-refractivity contribution in [2.24, 2.45) is 5.73 Å². The number of anilines is 2. The zero-order valence-corrected chi connectivity index (χ0v) is 10.5. The van der Waals surface area contributed by atoms with E-state index in [0.29, 0.717) is 16.9 Å².